The van der Waals surface area contributed by atoms with Crippen LogP contribution in [0.25, 0.3) is 5.70 Å². The second-order valence-corrected chi connectivity index (χ2v) is 7.11. The second-order valence-electron chi connectivity index (χ2n) is 6.29. The van der Waals surface area contributed by atoms with Crippen LogP contribution in [0.5, 0.6) is 11.5 Å². The van der Waals surface area contributed by atoms with Crippen molar-refractivity contribution in [3.05, 3.63) is 64.0 Å². The summed E-state index contributed by atoms with van der Waals surface area (Å²) in [7, 11) is 1.47. The number of fused-ring (bicyclic) bond motifs is 1. The van der Waals surface area contributed by atoms with Gasteiger partial charge in [0.1, 0.15) is 12.4 Å². The van der Waals surface area contributed by atoms with Crippen LogP contribution in [-0.4, -0.2) is 23.7 Å². The minimum absolute atomic E-state index is 0.0163. The molecule has 1 aromatic heterocycles. The summed E-state index contributed by atoms with van der Waals surface area (Å²) in [6.45, 7) is 0.417. The molecule has 0 aliphatic carbocycles. The van der Waals surface area contributed by atoms with Gasteiger partial charge < -0.3 is 25.8 Å². The van der Waals surface area contributed by atoms with Crippen molar-refractivity contribution in [3.63, 3.8) is 0 Å². The molecule has 2 heterocycles. The van der Waals surface area contributed by atoms with Gasteiger partial charge in [0.25, 0.3) is 0 Å². The number of halogens is 3. The molecule has 3 aromatic rings. The summed E-state index contributed by atoms with van der Waals surface area (Å²) in [5.74, 6) is 0.536. The molecule has 0 radical (unpaired) electrons. The van der Waals surface area contributed by atoms with Gasteiger partial charge in [-0.3, -0.25) is 0 Å². The number of rotatable bonds is 5. The topological polar surface area (TPSA) is 94.3 Å². The Bertz CT molecular complexity index is 1130. The lowest BCUT2D eigenvalue weighted by Crippen LogP contribution is -2.10. The third kappa shape index (κ3) is 4.05. The van der Waals surface area contributed by atoms with E-state index in [1.165, 1.54) is 7.11 Å². The van der Waals surface area contributed by atoms with Gasteiger partial charge in [0, 0.05) is 22.6 Å². The Balaban J connectivity index is 1.59. The number of nitrogens with zero attached hydrogens (tertiary/aromatic N) is 2. The number of benzene rings is 2. The largest absolute Gasteiger partial charge is 0.494 e. The predicted molar refractivity (Wildman–Crippen MR) is 116 cm³/mol. The van der Waals surface area contributed by atoms with Gasteiger partial charge in [-0.05, 0) is 36.4 Å². The lowest BCUT2D eigenvalue weighted by molar-refractivity contribution is 0.357. The molecule has 0 unspecified atom stereocenters. The molecule has 2 aromatic carbocycles. The average molecular weight is 448 g/mol. The molecule has 154 valence electrons. The maximum atomic E-state index is 14.3. The Kier molecular flexibility index (Phi) is 5.52. The monoisotopic (exact) mass is 447 g/mol. The highest BCUT2D eigenvalue weighted by molar-refractivity contribution is 6.37. The summed E-state index contributed by atoms with van der Waals surface area (Å²) in [5.41, 5.74) is 8.44. The number of hydrogen-bond acceptors (Lipinski definition) is 7. The van der Waals surface area contributed by atoms with E-state index in [-0.39, 0.29) is 11.8 Å². The van der Waals surface area contributed by atoms with Crippen LogP contribution in [0.1, 0.15) is 5.56 Å². The van der Waals surface area contributed by atoms with Gasteiger partial charge in [0.05, 0.1) is 23.4 Å². The first-order chi connectivity index (χ1) is 14.4. The number of hydrogen-bond donors (Lipinski definition) is 3. The maximum Gasteiger partial charge on any atom is 0.229 e. The first kappa shape index (κ1) is 20.1. The zero-order valence-corrected chi connectivity index (χ0v) is 17.2. The van der Waals surface area contributed by atoms with Crippen LogP contribution in [0.3, 0.4) is 0 Å². The van der Waals surface area contributed by atoms with E-state index in [1.54, 1.807) is 36.4 Å². The van der Waals surface area contributed by atoms with Gasteiger partial charge in [-0.2, -0.15) is 4.98 Å². The summed E-state index contributed by atoms with van der Waals surface area (Å²) in [5, 5.41) is 6.51. The number of nitrogens with two attached hydrogens (primary N) is 1. The smallest absolute Gasteiger partial charge is 0.229 e. The van der Waals surface area contributed by atoms with Crippen LogP contribution in [-0.2, 0) is 0 Å². The first-order valence-corrected chi connectivity index (χ1v) is 9.52. The highest BCUT2D eigenvalue weighted by Crippen LogP contribution is 2.36. The molecule has 0 bridgehead atoms. The van der Waals surface area contributed by atoms with Crippen LogP contribution in [0, 0.1) is 5.82 Å². The molecule has 4 N–H and O–H groups in total. The number of aromatic nitrogens is 2. The SMILES string of the molecule is COc1c(Cl)cc(Nc2ncc(F)c(Nc3ccc4c(c3)C(N)=CCO4)n2)cc1Cl. The normalized spacial score (nSPS) is 12.5. The van der Waals surface area contributed by atoms with Crippen molar-refractivity contribution in [3.8, 4) is 11.5 Å². The molecule has 30 heavy (non-hydrogen) atoms. The Morgan fingerprint density at radius 3 is 2.63 bits per heavy atom. The number of nitrogens with one attached hydrogen (secondary N) is 2. The van der Waals surface area contributed by atoms with E-state index in [1.807, 2.05) is 0 Å². The van der Waals surface area contributed by atoms with Crippen molar-refractivity contribution in [1.82, 2.24) is 9.97 Å². The van der Waals surface area contributed by atoms with Crippen molar-refractivity contribution >= 4 is 52.0 Å². The molecule has 1 aliphatic rings. The minimum Gasteiger partial charge on any atom is -0.494 e. The molecule has 0 saturated carbocycles. The Labute approximate surface area is 181 Å². The van der Waals surface area contributed by atoms with Gasteiger partial charge >= 0.3 is 0 Å². The highest BCUT2D eigenvalue weighted by Gasteiger charge is 2.14. The van der Waals surface area contributed by atoms with Crippen molar-refractivity contribution in [2.75, 3.05) is 24.4 Å². The van der Waals surface area contributed by atoms with E-state index in [9.17, 15) is 4.39 Å². The van der Waals surface area contributed by atoms with Crippen molar-refractivity contribution in [1.29, 1.82) is 0 Å². The zero-order chi connectivity index (χ0) is 21.3. The average Bonchev–Trinajstić information content (AvgIpc) is 2.71. The fraction of sp³-hybridized carbons (Fsp3) is 0.100. The maximum absolute atomic E-state index is 14.3. The third-order valence-electron chi connectivity index (χ3n) is 4.30. The van der Waals surface area contributed by atoms with Crippen molar-refractivity contribution in [2.24, 2.45) is 5.73 Å². The van der Waals surface area contributed by atoms with Crippen LogP contribution in [0.15, 0.2) is 42.6 Å². The summed E-state index contributed by atoms with van der Waals surface area (Å²) in [4.78, 5) is 8.15. The lowest BCUT2D eigenvalue weighted by Gasteiger charge is -2.17. The first-order valence-electron chi connectivity index (χ1n) is 8.77. The summed E-state index contributed by atoms with van der Waals surface area (Å²) >= 11 is 12.3. The lowest BCUT2D eigenvalue weighted by atomic mass is 10.1. The van der Waals surface area contributed by atoms with Crippen LogP contribution < -0.4 is 25.8 Å². The van der Waals surface area contributed by atoms with Crippen LogP contribution in [0.4, 0.5) is 27.5 Å². The number of ether oxygens (including phenoxy) is 2. The number of methoxy groups -OCH3 is 1. The third-order valence-corrected chi connectivity index (χ3v) is 4.86. The minimum atomic E-state index is -0.621. The standard InChI is InChI=1S/C20H16Cl2FN5O2/c1-29-18-13(21)7-11(8-14(18)22)27-20-25-9-15(23)19(28-20)26-10-2-3-17-12(6-10)16(24)4-5-30-17/h2-4,6-9H,5,24H2,1H3,(H2,25,26,27,28). The van der Waals surface area contributed by atoms with Gasteiger partial charge in [-0.1, -0.05) is 23.2 Å². The Hall–Kier alpha value is -3.23. The van der Waals surface area contributed by atoms with E-state index in [4.69, 9.17) is 38.4 Å². The van der Waals surface area contributed by atoms with Gasteiger partial charge in [0.15, 0.2) is 17.4 Å². The molecule has 7 nitrogen and oxygen atoms in total. The van der Waals surface area contributed by atoms with E-state index in [2.05, 4.69) is 20.6 Å². The molecule has 0 fully saturated rings. The van der Waals surface area contributed by atoms with E-state index in [0.717, 1.165) is 11.8 Å². The predicted octanol–water partition coefficient (Wildman–Crippen LogP) is 5.11. The van der Waals surface area contributed by atoms with E-state index < -0.39 is 5.82 Å². The van der Waals surface area contributed by atoms with E-state index >= 15 is 0 Å². The Morgan fingerprint density at radius 2 is 1.90 bits per heavy atom. The summed E-state index contributed by atoms with van der Waals surface area (Å²) in [6, 6.07) is 8.47. The van der Waals surface area contributed by atoms with Gasteiger partial charge in [-0.25, -0.2) is 9.37 Å². The second kappa shape index (κ2) is 8.25. The molecule has 1 aliphatic heterocycles. The highest BCUT2D eigenvalue weighted by atomic mass is 35.5. The number of anilines is 4. The van der Waals surface area contributed by atoms with Gasteiger partial charge in [-0.15, -0.1) is 0 Å². The molecule has 4 rings (SSSR count). The van der Waals surface area contributed by atoms with E-state index in [0.29, 0.717) is 45.2 Å². The summed E-state index contributed by atoms with van der Waals surface area (Å²) < 4.78 is 24.9. The van der Waals surface area contributed by atoms with Crippen molar-refractivity contribution < 1.29 is 13.9 Å². The summed E-state index contributed by atoms with van der Waals surface area (Å²) in [6.07, 6.45) is 2.82. The molecular formula is C20H16Cl2FN5O2. The molecule has 0 atom stereocenters. The fourth-order valence-electron chi connectivity index (χ4n) is 2.90. The molecule has 0 amide bonds. The van der Waals surface area contributed by atoms with Crippen LogP contribution in [0.2, 0.25) is 10.0 Å². The Morgan fingerprint density at radius 1 is 1.13 bits per heavy atom. The molecular weight excluding hydrogens is 432 g/mol. The molecule has 10 heteroatoms. The van der Waals surface area contributed by atoms with Gasteiger partial charge in [0.2, 0.25) is 5.95 Å². The molecule has 0 saturated heterocycles. The molecule has 0 spiro atoms. The van der Waals surface area contributed by atoms with Crippen molar-refractivity contribution in [2.45, 2.75) is 0 Å². The fourth-order valence-corrected chi connectivity index (χ4v) is 3.54. The quantitative estimate of drug-likeness (QED) is 0.499. The van der Waals surface area contributed by atoms with Crippen LogP contribution >= 0.6 is 23.2 Å². The zero-order valence-electron chi connectivity index (χ0n) is 15.7.